The minimum Gasteiger partial charge on any atom is -0.496 e. The molecule has 6 nitrogen and oxygen atoms in total. The molecule has 0 atom stereocenters. The lowest BCUT2D eigenvalue weighted by molar-refractivity contribution is 0.416. The van der Waals surface area contributed by atoms with E-state index in [-0.39, 0.29) is 5.56 Å². The van der Waals surface area contributed by atoms with E-state index >= 15 is 0 Å². The van der Waals surface area contributed by atoms with Gasteiger partial charge in [0.2, 0.25) is 4.96 Å². The maximum absolute atomic E-state index is 12.8. The first-order chi connectivity index (χ1) is 12.1. The van der Waals surface area contributed by atoms with Crippen LogP contribution < -0.4 is 14.8 Å². The summed E-state index contributed by atoms with van der Waals surface area (Å²) >= 11 is 7.34. The minimum atomic E-state index is -0.212. The van der Waals surface area contributed by atoms with E-state index in [1.807, 2.05) is 19.1 Å². The van der Waals surface area contributed by atoms with Crippen molar-refractivity contribution < 1.29 is 9.15 Å². The predicted molar refractivity (Wildman–Crippen MR) is 96.4 cm³/mol. The van der Waals surface area contributed by atoms with Crippen LogP contribution in [-0.2, 0) is 0 Å². The van der Waals surface area contributed by atoms with Gasteiger partial charge in [-0.15, -0.1) is 10.2 Å². The summed E-state index contributed by atoms with van der Waals surface area (Å²) < 4.78 is 12.8. The van der Waals surface area contributed by atoms with E-state index in [9.17, 15) is 4.79 Å². The predicted octanol–water partition coefficient (Wildman–Crippen LogP) is 2.93. The average molecular weight is 374 g/mol. The summed E-state index contributed by atoms with van der Waals surface area (Å²) in [4.78, 5) is 13.3. The number of aromatic nitrogens is 3. The highest BCUT2D eigenvalue weighted by Crippen LogP contribution is 2.31. The Hall–Kier alpha value is -2.64. The molecule has 8 heteroatoms. The molecule has 4 rings (SSSR count). The SMILES string of the molecule is COc1ccc(Cl)cc1-c1nnc2s/c(=C\c3ccc(C)o3)c(=O)n12. The lowest BCUT2D eigenvalue weighted by Crippen LogP contribution is -2.23. The summed E-state index contributed by atoms with van der Waals surface area (Å²) in [5.74, 6) is 2.36. The van der Waals surface area contributed by atoms with Crippen molar-refractivity contribution in [2.24, 2.45) is 0 Å². The van der Waals surface area contributed by atoms with Gasteiger partial charge in [0, 0.05) is 11.1 Å². The van der Waals surface area contributed by atoms with Gasteiger partial charge < -0.3 is 9.15 Å². The number of thiazole rings is 1. The van der Waals surface area contributed by atoms with Crippen molar-refractivity contribution in [2.45, 2.75) is 6.92 Å². The van der Waals surface area contributed by atoms with Crippen molar-refractivity contribution in [1.29, 1.82) is 0 Å². The number of hydrogen-bond acceptors (Lipinski definition) is 6. The third-order valence-electron chi connectivity index (χ3n) is 3.69. The minimum absolute atomic E-state index is 0.212. The van der Waals surface area contributed by atoms with Gasteiger partial charge in [-0.25, -0.2) is 4.40 Å². The van der Waals surface area contributed by atoms with Gasteiger partial charge >= 0.3 is 0 Å². The Morgan fingerprint density at radius 3 is 2.84 bits per heavy atom. The molecule has 0 fully saturated rings. The molecule has 4 aromatic rings. The van der Waals surface area contributed by atoms with Crippen LogP contribution in [0.25, 0.3) is 22.4 Å². The van der Waals surface area contributed by atoms with Gasteiger partial charge in [-0.2, -0.15) is 0 Å². The molecule has 0 amide bonds. The third-order valence-corrected chi connectivity index (χ3v) is 4.88. The summed E-state index contributed by atoms with van der Waals surface area (Å²) in [6, 6.07) is 8.81. The topological polar surface area (TPSA) is 69.6 Å². The Morgan fingerprint density at radius 1 is 1.28 bits per heavy atom. The Labute approximate surface area is 150 Å². The normalized spacial score (nSPS) is 12.2. The molecule has 0 unspecified atom stereocenters. The summed E-state index contributed by atoms with van der Waals surface area (Å²) in [5.41, 5.74) is 0.397. The fourth-order valence-electron chi connectivity index (χ4n) is 2.55. The van der Waals surface area contributed by atoms with Gasteiger partial charge in [0.25, 0.3) is 5.56 Å². The second-order valence-electron chi connectivity index (χ2n) is 5.35. The highest BCUT2D eigenvalue weighted by atomic mass is 35.5. The molecule has 0 aliphatic carbocycles. The van der Waals surface area contributed by atoms with E-state index in [0.29, 0.717) is 37.4 Å². The number of methoxy groups -OCH3 is 1. The first kappa shape index (κ1) is 15.9. The van der Waals surface area contributed by atoms with Crippen molar-refractivity contribution in [3.05, 3.63) is 61.8 Å². The number of furan rings is 1. The number of halogens is 1. The van der Waals surface area contributed by atoms with Crippen molar-refractivity contribution in [3.8, 4) is 17.1 Å². The lowest BCUT2D eigenvalue weighted by atomic mass is 10.2. The van der Waals surface area contributed by atoms with Crippen LogP contribution >= 0.6 is 22.9 Å². The summed E-state index contributed by atoms with van der Waals surface area (Å²) in [7, 11) is 1.55. The van der Waals surface area contributed by atoms with E-state index in [1.54, 1.807) is 31.4 Å². The highest BCUT2D eigenvalue weighted by Gasteiger charge is 2.18. The van der Waals surface area contributed by atoms with Crippen LogP contribution in [-0.4, -0.2) is 21.7 Å². The van der Waals surface area contributed by atoms with E-state index < -0.39 is 0 Å². The Balaban J connectivity index is 1.95. The first-order valence-electron chi connectivity index (χ1n) is 7.37. The number of aryl methyl sites for hydroxylation is 1. The average Bonchev–Trinajstić information content (AvgIpc) is 3.26. The van der Waals surface area contributed by atoms with Crippen LogP contribution in [0.3, 0.4) is 0 Å². The quantitative estimate of drug-likeness (QED) is 0.552. The Bertz CT molecular complexity index is 1190. The van der Waals surface area contributed by atoms with E-state index in [4.69, 9.17) is 20.8 Å². The molecule has 25 heavy (non-hydrogen) atoms. The first-order valence-corrected chi connectivity index (χ1v) is 8.56. The molecule has 0 bridgehead atoms. The molecule has 0 saturated heterocycles. The maximum Gasteiger partial charge on any atom is 0.276 e. The standard InChI is InChI=1S/C17H12ClN3O3S/c1-9-3-5-11(24-9)8-14-16(22)21-15(19-20-17(21)25-14)12-7-10(18)4-6-13(12)23-2/h3-8H,1-2H3/b14-8-. The van der Waals surface area contributed by atoms with Crippen LogP contribution in [0, 0.1) is 6.92 Å². The smallest absolute Gasteiger partial charge is 0.276 e. The fourth-order valence-corrected chi connectivity index (χ4v) is 3.62. The monoisotopic (exact) mass is 373 g/mol. The molecular formula is C17H12ClN3O3S. The zero-order chi connectivity index (χ0) is 17.6. The second-order valence-corrected chi connectivity index (χ2v) is 6.80. The van der Waals surface area contributed by atoms with Crippen LogP contribution in [0.2, 0.25) is 5.02 Å². The second kappa shape index (κ2) is 6.02. The zero-order valence-electron chi connectivity index (χ0n) is 13.3. The van der Waals surface area contributed by atoms with E-state index in [2.05, 4.69) is 10.2 Å². The number of ether oxygens (including phenoxy) is 1. The largest absolute Gasteiger partial charge is 0.496 e. The molecule has 0 aliphatic rings. The van der Waals surface area contributed by atoms with Gasteiger partial charge in [0.1, 0.15) is 21.8 Å². The fraction of sp³-hybridized carbons (Fsp3) is 0.118. The van der Waals surface area contributed by atoms with Crippen LogP contribution in [0.1, 0.15) is 11.5 Å². The molecule has 1 aromatic carbocycles. The number of rotatable bonds is 3. The van der Waals surface area contributed by atoms with Crippen LogP contribution in [0.15, 0.2) is 39.5 Å². The summed E-state index contributed by atoms with van der Waals surface area (Å²) in [6.45, 7) is 1.85. The molecule has 0 spiro atoms. The van der Waals surface area contributed by atoms with Gasteiger partial charge in [-0.1, -0.05) is 22.9 Å². The van der Waals surface area contributed by atoms with Crippen molar-refractivity contribution in [2.75, 3.05) is 7.11 Å². The number of hydrogen-bond donors (Lipinski definition) is 0. The van der Waals surface area contributed by atoms with Gasteiger partial charge in [0.05, 0.1) is 12.7 Å². The molecular weight excluding hydrogens is 362 g/mol. The molecule has 126 valence electrons. The third kappa shape index (κ3) is 2.71. The molecule has 0 aliphatic heterocycles. The summed E-state index contributed by atoms with van der Waals surface area (Å²) in [5, 5.41) is 8.77. The number of fused-ring (bicyclic) bond motifs is 1. The van der Waals surface area contributed by atoms with E-state index in [1.165, 1.54) is 15.7 Å². The van der Waals surface area contributed by atoms with Crippen molar-refractivity contribution in [3.63, 3.8) is 0 Å². The molecule has 0 saturated carbocycles. The molecule has 3 aromatic heterocycles. The van der Waals surface area contributed by atoms with Crippen molar-refractivity contribution in [1.82, 2.24) is 14.6 Å². The van der Waals surface area contributed by atoms with E-state index in [0.717, 1.165) is 5.76 Å². The Kier molecular flexibility index (Phi) is 3.82. The van der Waals surface area contributed by atoms with Crippen molar-refractivity contribution >= 4 is 34.0 Å². The summed E-state index contributed by atoms with van der Waals surface area (Å²) in [6.07, 6.45) is 1.70. The zero-order valence-corrected chi connectivity index (χ0v) is 14.9. The number of benzene rings is 1. The van der Waals surface area contributed by atoms with Gasteiger partial charge in [-0.3, -0.25) is 4.79 Å². The van der Waals surface area contributed by atoms with Crippen LogP contribution in [0.5, 0.6) is 5.75 Å². The Morgan fingerprint density at radius 2 is 2.12 bits per heavy atom. The maximum atomic E-state index is 12.8. The van der Waals surface area contributed by atoms with Gasteiger partial charge in [0.15, 0.2) is 5.82 Å². The molecule has 3 heterocycles. The number of nitrogens with zero attached hydrogens (tertiary/aromatic N) is 3. The molecule has 0 radical (unpaired) electrons. The van der Waals surface area contributed by atoms with Gasteiger partial charge in [-0.05, 0) is 37.3 Å². The van der Waals surface area contributed by atoms with Crippen LogP contribution in [0.4, 0.5) is 0 Å². The lowest BCUT2D eigenvalue weighted by Gasteiger charge is -2.06. The highest BCUT2D eigenvalue weighted by molar-refractivity contribution is 7.15. The molecule has 0 N–H and O–H groups in total.